The third-order valence-electron chi connectivity index (χ3n) is 3.57. The van der Waals surface area contributed by atoms with Gasteiger partial charge in [-0.05, 0) is 43.5 Å². The quantitative estimate of drug-likeness (QED) is 0.633. The molecule has 0 radical (unpaired) electrons. The smallest absolute Gasteiger partial charge is 0.123 e. The number of halogens is 1. The fourth-order valence-corrected chi connectivity index (χ4v) is 2.48. The van der Waals surface area contributed by atoms with Crippen molar-refractivity contribution >= 4 is 0 Å². The van der Waals surface area contributed by atoms with E-state index in [4.69, 9.17) is 10.6 Å². The molecule has 2 aromatic rings. The molecule has 0 fully saturated rings. The van der Waals surface area contributed by atoms with Gasteiger partial charge in [0.15, 0.2) is 0 Å². The zero-order valence-corrected chi connectivity index (χ0v) is 12.4. The molecule has 0 saturated carbocycles. The molecule has 0 heterocycles. The van der Waals surface area contributed by atoms with Gasteiger partial charge in [0.25, 0.3) is 0 Å². The van der Waals surface area contributed by atoms with Gasteiger partial charge in [-0.2, -0.15) is 0 Å². The van der Waals surface area contributed by atoms with Crippen LogP contribution in [0.1, 0.15) is 29.2 Å². The summed E-state index contributed by atoms with van der Waals surface area (Å²) in [5.74, 6) is 6.00. The normalized spacial score (nSPS) is 12.2. The predicted octanol–water partition coefficient (Wildman–Crippen LogP) is 3.28. The molecule has 0 spiro atoms. The van der Waals surface area contributed by atoms with Gasteiger partial charge in [0.05, 0.1) is 13.2 Å². The first kappa shape index (κ1) is 15.5. The van der Waals surface area contributed by atoms with Gasteiger partial charge in [-0.25, -0.2) is 4.39 Å². The monoisotopic (exact) mass is 288 g/mol. The lowest BCUT2D eigenvalue weighted by Crippen LogP contribution is -2.28. The fraction of sp³-hybridized carbons (Fsp3) is 0.294. The Labute approximate surface area is 124 Å². The molecule has 0 amide bonds. The topological polar surface area (TPSA) is 47.3 Å². The number of nitrogens with one attached hydrogen (secondary N) is 1. The number of nitrogens with two attached hydrogens (primary N) is 1. The van der Waals surface area contributed by atoms with Crippen molar-refractivity contribution in [1.82, 2.24) is 5.43 Å². The van der Waals surface area contributed by atoms with Crippen molar-refractivity contribution in [2.24, 2.45) is 5.84 Å². The van der Waals surface area contributed by atoms with Crippen LogP contribution in [0.2, 0.25) is 0 Å². The first-order chi connectivity index (χ1) is 10.1. The van der Waals surface area contributed by atoms with Crippen molar-refractivity contribution in [2.75, 3.05) is 7.11 Å². The fourth-order valence-electron chi connectivity index (χ4n) is 2.48. The number of hydrogen-bond donors (Lipinski definition) is 2. The molecule has 0 aliphatic heterocycles. The van der Waals surface area contributed by atoms with E-state index in [0.29, 0.717) is 5.75 Å². The Morgan fingerprint density at radius 2 is 2.05 bits per heavy atom. The second-order valence-corrected chi connectivity index (χ2v) is 5.13. The Hall–Kier alpha value is -1.91. The Morgan fingerprint density at radius 1 is 1.24 bits per heavy atom. The molecule has 0 aromatic heterocycles. The van der Waals surface area contributed by atoms with Crippen LogP contribution in [-0.2, 0) is 6.42 Å². The molecule has 21 heavy (non-hydrogen) atoms. The standard InChI is InChI=1S/C17H21FN2O/c1-12-4-3-5-13(10-12)6-8-16(20-19)15-11-14(18)7-9-17(15)21-2/h3-5,7,9-11,16,20H,6,8,19H2,1-2H3. The van der Waals surface area contributed by atoms with Gasteiger partial charge in [-0.1, -0.05) is 29.8 Å². The number of hydrazine groups is 1. The van der Waals surface area contributed by atoms with Gasteiger partial charge < -0.3 is 4.74 Å². The van der Waals surface area contributed by atoms with Crippen molar-refractivity contribution in [2.45, 2.75) is 25.8 Å². The predicted molar refractivity (Wildman–Crippen MR) is 82.5 cm³/mol. The second kappa shape index (κ2) is 7.20. The van der Waals surface area contributed by atoms with E-state index in [2.05, 4.69) is 30.5 Å². The average molecular weight is 288 g/mol. The summed E-state index contributed by atoms with van der Waals surface area (Å²) in [5.41, 5.74) is 5.97. The Balaban J connectivity index is 2.15. The summed E-state index contributed by atoms with van der Waals surface area (Å²) in [5, 5.41) is 0. The number of hydrogen-bond acceptors (Lipinski definition) is 3. The average Bonchev–Trinajstić information content (AvgIpc) is 2.48. The highest BCUT2D eigenvalue weighted by molar-refractivity contribution is 5.36. The van der Waals surface area contributed by atoms with Gasteiger partial charge in [-0.15, -0.1) is 0 Å². The Kier molecular flexibility index (Phi) is 5.31. The highest BCUT2D eigenvalue weighted by Gasteiger charge is 2.16. The molecule has 3 nitrogen and oxygen atoms in total. The molecule has 4 heteroatoms. The van der Waals surface area contributed by atoms with Crippen molar-refractivity contribution in [3.05, 3.63) is 65.0 Å². The van der Waals surface area contributed by atoms with Gasteiger partial charge in [0.2, 0.25) is 0 Å². The second-order valence-electron chi connectivity index (χ2n) is 5.13. The molecule has 2 rings (SSSR count). The lowest BCUT2D eigenvalue weighted by Gasteiger charge is -2.19. The lowest BCUT2D eigenvalue weighted by atomic mass is 9.98. The minimum absolute atomic E-state index is 0.156. The number of rotatable bonds is 6. The molecule has 0 saturated heterocycles. The van der Waals surface area contributed by atoms with Crippen LogP contribution >= 0.6 is 0 Å². The largest absolute Gasteiger partial charge is 0.496 e. The zero-order chi connectivity index (χ0) is 15.2. The van der Waals surface area contributed by atoms with Gasteiger partial charge in [0, 0.05) is 5.56 Å². The lowest BCUT2D eigenvalue weighted by molar-refractivity contribution is 0.394. The first-order valence-electron chi connectivity index (χ1n) is 6.99. The summed E-state index contributed by atoms with van der Waals surface area (Å²) >= 11 is 0. The molecule has 0 aliphatic carbocycles. The van der Waals surface area contributed by atoms with Crippen LogP contribution in [0.3, 0.4) is 0 Å². The van der Waals surface area contributed by atoms with Crippen molar-refractivity contribution in [3.8, 4) is 5.75 Å². The molecule has 2 aromatic carbocycles. The maximum atomic E-state index is 13.5. The van der Waals surface area contributed by atoms with E-state index >= 15 is 0 Å². The number of benzene rings is 2. The van der Waals surface area contributed by atoms with E-state index in [1.54, 1.807) is 13.2 Å². The molecule has 112 valence electrons. The summed E-state index contributed by atoms with van der Waals surface area (Å²) in [4.78, 5) is 0. The molecular formula is C17H21FN2O. The van der Waals surface area contributed by atoms with Crippen LogP contribution in [0, 0.1) is 12.7 Å². The Bertz CT molecular complexity index is 601. The van der Waals surface area contributed by atoms with Crippen LogP contribution in [0.25, 0.3) is 0 Å². The van der Waals surface area contributed by atoms with E-state index in [9.17, 15) is 4.39 Å². The first-order valence-corrected chi connectivity index (χ1v) is 6.99. The van der Waals surface area contributed by atoms with E-state index in [1.165, 1.54) is 23.3 Å². The maximum Gasteiger partial charge on any atom is 0.123 e. The molecule has 0 aliphatic rings. The van der Waals surface area contributed by atoms with E-state index in [1.807, 2.05) is 6.07 Å². The molecule has 1 atom stereocenters. The maximum absolute atomic E-state index is 13.5. The van der Waals surface area contributed by atoms with Gasteiger partial charge in [-0.3, -0.25) is 11.3 Å². The van der Waals surface area contributed by atoms with Crippen molar-refractivity contribution in [3.63, 3.8) is 0 Å². The van der Waals surface area contributed by atoms with Gasteiger partial charge >= 0.3 is 0 Å². The van der Waals surface area contributed by atoms with Crippen molar-refractivity contribution in [1.29, 1.82) is 0 Å². The van der Waals surface area contributed by atoms with Crippen LogP contribution in [0.5, 0.6) is 5.75 Å². The Morgan fingerprint density at radius 3 is 2.71 bits per heavy atom. The van der Waals surface area contributed by atoms with Crippen LogP contribution < -0.4 is 16.0 Å². The number of aryl methyl sites for hydroxylation is 2. The third-order valence-corrected chi connectivity index (χ3v) is 3.57. The van der Waals surface area contributed by atoms with Crippen molar-refractivity contribution < 1.29 is 9.13 Å². The highest BCUT2D eigenvalue weighted by Crippen LogP contribution is 2.28. The number of ether oxygens (including phenoxy) is 1. The van der Waals surface area contributed by atoms with E-state index in [0.717, 1.165) is 18.4 Å². The van der Waals surface area contributed by atoms with Gasteiger partial charge in [0.1, 0.15) is 11.6 Å². The summed E-state index contributed by atoms with van der Waals surface area (Å²) in [7, 11) is 1.57. The molecule has 3 N–H and O–H groups in total. The summed E-state index contributed by atoms with van der Waals surface area (Å²) in [6.45, 7) is 2.07. The summed E-state index contributed by atoms with van der Waals surface area (Å²) in [6.07, 6.45) is 1.62. The highest BCUT2D eigenvalue weighted by atomic mass is 19.1. The number of methoxy groups -OCH3 is 1. The van der Waals surface area contributed by atoms with Crippen LogP contribution in [0.15, 0.2) is 42.5 Å². The third kappa shape index (κ3) is 4.03. The molecule has 0 bridgehead atoms. The molecular weight excluding hydrogens is 267 g/mol. The molecule has 1 unspecified atom stereocenters. The minimum Gasteiger partial charge on any atom is -0.496 e. The van der Waals surface area contributed by atoms with E-state index < -0.39 is 0 Å². The minimum atomic E-state index is -0.290. The van der Waals surface area contributed by atoms with Crippen LogP contribution in [-0.4, -0.2) is 7.11 Å². The van der Waals surface area contributed by atoms with E-state index in [-0.39, 0.29) is 11.9 Å². The summed E-state index contributed by atoms with van der Waals surface area (Å²) in [6, 6.07) is 12.7. The SMILES string of the molecule is COc1ccc(F)cc1C(CCc1cccc(C)c1)NN. The van der Waals surface area contributed by atoms with Crippen LogP contribution in [0.4, 0.5) is 4.39 Å². The summed E-state index contributed by atoms with van der Waals surface area (Å²) < 4.78 is 18.8. The zero-order valence-electron chi connectivity index (χ0n) is 12.4.